The van der Waals surface area contributed by atoms with Crippen LogP contribution in [0, 0.1) is 5.92 Å². The molecule has 0 bridgehead atoms. The second kappa shape index (κ2) is 22.3. The number of rotatable bonds is 15. The lowest BCUT2D eigenvalue weighted by molar-refractivity contribution is 0.335. The number of fused-ring (bicyclic) bond motifs is 4. The third kappa shape index (κ3) is 10.3. The largest absolute Gasteiger partial charge is 0.334 e. The van der Waals surface area contributed by atoms with E-state index >= 15 is 0 Å². The summed E-state index contributed by atoms with van der Waals surface area (Å²) in [6, 6.07) is 35.2. The fourth-order valence-electron chi connectivity index (χ4n) is 9.75. The molecular formula is C63H69N. The summed E-state index contributed by atoms with van der Waals surface area (Å²) in [5.41, 5.74) is 13.9. The van der Waals surface area contributed by atoms with Gasteiger partial charge < -0.3 is 4.90 Å². The van der Waals surface area contributed by atoms with E-state index in [0.29, 0.717) is 0 Å². The predicted molar refractivity (Wildman–Crippen MR) is 285 cm³/mol. The molecule has 2 aliphatic rings. The predicted octanol–water partition coefficient (Wildman–Crippen LogP) is 17.8. The van der Waals surface area contributed by atoms with Crippen molar-refractivity contribution in [3.05, 3.63) is 246 Å². The third-order valence-corrected chi connectivity index (χ3v) is 13.0. The Bertz CT molecular complexity index is 2680. The van der Waals surface area contributed by atoms with Gasteiger partial charge in [-0.1, -0.05) is 199 Å². The number of hydrogen-bond donors (Lipinski definition) is 0. The van der Waals surface area contributed by atoms with E-state index in [1.165, 1.54) is 71.9 Å². The van der Waals surface area contributed by atoms with E-state index in [9.17, 15) is 0 Å². The molecule has 5 aromatic rings. The number of aryl methyl sites for hydroxylation is 1. The summed E-state index contributed by atoms with van der Waals surface area (Å²) in [5, 5.41) is 5.27. The first kappa shape index (κ1) is 47.0. The maximum atomic E-state index is 4.31. The van der Waals surface area contributed by atoms with Crippen LogP contribution in [0.25, 0.3) is 27.6 Å². The van der Waals surface area contributed by atoms with Gasteiger partial charge >= 0.3 is 0 Å². The van der Waals surface area contributed by atoms with Gasteiger partial charge in [0.1, 0.15) is 0 Å². The Morgan fingerprint density at radius 3 is 1.94 bits per heavy atom. The third-order valence-electron chi connectivity index (χ3n) is 13.0. The monoisotopic (exact) mass is 840 g/mol. The first-order valence-electron chi connectivity index (χ1n) is 23.3. The van der Waals surface area contributed by atoms with Gasteiger partial charge in [0.15, 0.2) is 0 Å². The molecule has 326 valence electrons. The van der Waals surface area contributed by atoms with Crippen LogP contribution in [0.1, 0.15) is 89.5 Å². The van der Waals surface area contributed by atoms with E-state index in [-0.39, 0.29) is 17.4 Å². The molecule has 0 N–H and O–H groups in total. The van der Waals surface area contributed by atoms with Crippen LogP contribution in [0.3, 0.4) is 0 Å². The number of nitrogens with zero attached hydrogens (tertiary/aromatic N) is 1. The van der Waals surface area contributed by atoms with E-state index in [2.05, 4.69) is 231 Å². The van der Waals surface area contributed by atoms with Crippen LogP contribution in [0.15, 0.2) is 224 Å². The highest BCUT2D eigenvalue weighted by molar-refractivity contribution is 6.14. The van der Waals surface area contributed by atoms with Gasteiger partial charge in [-0.3, -0.25) is 0 Å². The number of anilines is 2. The molecule has 2 atom stereocenters. The van der Waals surface area contributed by atoms with Gasteiger partial charge in [-0.15, -0.1) is 6.58 Å². The second-order valence-corrected chi connectivity index (χ2v) is 17.6. The molecule has 1 aliphatic carbocycles. The summed E-state index contributed by atoms with van der Waals surface area (Å²) in [6.07, 6.45) is 34.7. The fraction of sp³-hybridized carbons (Fsp3) is 0.238. The average molecular weight is 840 g/mol. The molecule has 7 rings (SSSR count). The normalized spacial score (nSPS) is 17.7. The van der Waals surface area contributed by atoms with Crippen molar-refractivity contribution in [2.24, 2.45) is 5.92 Å². The molecule has 0 saturated carbocycles. The first-order valence-corrected chi connectivity index (χ1v) is 23.3. The quantitative estimate of drug-likeness (QED) is 0.0577. The van der Waals surface area contributed by atoms with E-state index in [1.807, 2.05) is 18.2 Å². The van der Waals surface area contributed by atoms with Crippen molar-refractivity contribution in [1.29, 1.82) is 0 Å². The SMILES string of the molecule is C=CC(=C(C)\C=C/CC1=CCCC=C1)/C(C=C)=C(C)/C=C\Cc1ccccc1.C=Cc1c(CCC)c2ccccc2c2cc3c(cc12)C(C)(C)C(/C=C\C)C(C=C)N3c1ccccc1. The van der Waals surface area contributed by atoms with Crippen LogP contribution in [0.4, 0.5) is 11.4 Å². The molecule has 1 heteroatoms. The van der Waals surface area contributed by atoms with Crippen molar-refractivity contribution in [2.45, 2.75) is 91.5 Å². The zero-order chi connectivity index (χ0) is 45.6. The van der Waals surface area contributed by atoms with E-state index in [0.717, 1.165) is 49.7 Å². The summed E-state index contributed by atoms with van der Waals surface area (Å²) in [5.74, 6) is 0.285. The fourth-order valence-corrected chi connectivity index (χ4v) is 9.75. The van der Waals surface area contributed by atoms with Gasteiger partial charge in [-0.05, 0) is 149 Å². The maximum Gasteiger partial charge on any atom is 0.0590 e. The standard InChI is InChI=1S/C35H37N.C28H32/c1-7-16-26-25(9-3)29-22-32-34(23-30(29)28-21-15-14-20-27(26)28)36(24-18-12-11-13-19-24)33(10-4)31(17-8-2)35(32,5)6;1-5-27(23(3)15-13-21-25-17-9-7-10-18-25)28(6-2)24(4)16-14-22-26-19-11-8-12-20-26/h8-15,17-23,31,33H,3-4,7,16H2,1-2,5-6H3;5-7,9-11,13-20H,1-2,8,12,21-22H2,3-4H3/b17-8-;15-13-,16-14-,27-23+,28-24+. The molecule has 0 spiro atoms. The smallest absolute Gasteiger partial charge is 0.0590 e. The molecule has 5 aromatic carbocycles. The van der Waals surface area contributed by atoms with Crippen LogP contribution in [0.2, 0.25) is 0 Å². The molecule has 0 saturated heterocycles. The van der Waals surface area contributed by atoms with Gasteiger partial charge in [0, 0.05) is 22.7 Å². The molecule has 64 heavy (non-hydrogen) atoms. The summed E-state index contributed by atoms with van der Waals surface area (Å²) in [4.78, 5) is 2.50. The zero-order valence-electron chi connectivity index (χ0n) is 39.4. The maximum absolute atomic E-state index is 4.31. The van der Waals surface area contributed by atoms with Crippen LogP contribution >= 0.6 is 0 Å². The molecule has 2 unspecified atom stereocenters. The minimum Gasteiger partial charge on any atom is -0.334 e. The lowest BCUT2D eigenvalue weighted by Crippen LogP contribution is -2.49. The van der Waals surface area contributed by atoms with E-state index < -0.39 is 0 Å². The van der Waals surface area contributed by atoms with Gasteiger partial charge in [0.25, 0.3) is 0 Å². The molecule has 0 aromatic heterocycles. The highest BCUT2D eigenvalue weighted by Gasteiger charge is 2.44. The minimum atomic E-state index is -0.0742. The summed E-state index contributed by atoms with van der Waals surface area (Å²) < 4.78 is 0. The van der Waals surface area contributed by atoms with Crippen molar-refractivity contribution in [3.63, 3.8) is 0 Å². The van der Waals surface area contributed by atoms with Gasteiger partial charge in [0.2, 0.25) is 0 Å². The second-order valence-electron chi connectivity index (χ2n) is 17.6. The lowest BCUT2D eigenvalue weighted by Gasteiger charge is -2.50. The van der Waals surface area contributed by atoms with Crippen LogP contribution in [0.5, 0.6) is 0 Å². The Labute approximate surface area is 386 Å². The van der Waals surface area contributed by atoms with Crippen molar-refractivity contribution >= 4 is 39.0 Å². The number of allylic oxidation sites excluding steroid dienone is 15. The highest BCUT2D eigenvalue weighted by atomic mass is 15.2. The average Bonchev–Trinajstić information content (AvgIpc) is 3.32. The number of benzene rings is 5. The molecular weight excluding hydrogens is 771 g/mol. The Kier molecular flexibility index (Phi) is 16.4. The summed E-state index contributed by atoms with van der Waals surface area (Å²) in [6.45, 7) is 30.1. The van der Waals surface area contributed by atoms with Gasteiger partial charge in [-0.25, -0.2) is 0 Å². The van der Waals surface area contributed by atoms with Crippen LogP contribution in [-0.2, 0) is 18.3 Å². The topological polar surface area (TPSA) is 3.24 Å². The molecule has 1 aliphatic heterocycles. The Morgan fingerprint density at radius 1 is 0.734 bits per heavy atom. The van der Waals surface area contributed by atoms with Crippen LogP contribution in [-0.4, -0.2) is 6.04 Å². The highest BCUT2D eigenvalue weighted by Crippen LogP contribution is 2.52. The Balaban J connectivity index is 0.000000220. The molecule has 1 nitrogen and oxygen atoms in total. The van der Waals surface area contributed by atoms with Crippen molar-refractivity contribution < 1.29 is 0 Å². The van der Waals surface area contributed by atoms with Gasteiger partial charge in [0.05, 0.1) is 6.04 Å². The van der Waals surface area contributed by atoms with E-state index in [4.69, 9.17) is 0 Å². The van der Waals surface area contributed by atoms with Crippen molar-refractivity contribution in [3.8, 4) is 0 Å². The lowest BCUT2D eigenvalue weighted by atomic mass is 9.65. The number of para-hydroxylation sites is 1. The molecule has 0 amide bonds. The zero-order valence-corrected chi connectivity index (χ0v) is 39.4. The molecule has 0 fully saturated rings. The number of hydrogen-bond acceptors (Lipinski definition) is 1. The minimum absolute atomic E-state index is 0.0742. The Hall–Kier alpha value is -6.44. The summed E-state index contributed by atoms with van der Waals surface area (Å²) in [7, 11) is 0. The van der Waals surface area contributed by atoms with E-state index in [1.54, 1.807) is 0 Å². The van der Waals surface area contributed by atoms with Crippen LogP contribution < -0.4 is 4.90 Å². The molecule has 0 radical (unpaired) electrons. The Morgan fingerprint density at radius 2 is 1.36 bits per heavy atom. The van der Waals surface area contributed by atoms with Crippen molar-refractivity contribution in [1.82, 2.24) is 0 Å². The summed E-state index contributed by atoms with van der Waals surface area (Å²) >= 11 is 0. The van der Waals surface area contributed by atoms with Gasteiger partial charge in [-0.2, -0.15) is 0 Å². The molecule has 1 heterocycles. The first-order chi connectivity index (χ1) is 31.1. The van der Waals surface area contributed by atoms with Crippen molar-refractivity contribution in [2.75, 3.05) is 4.90 Å².